The smallest absolute Gasteiger partial charge is 0.416 e. The van der Waals surface area contributed by atoms with Crippen molar-refractivity contribution in [2.45, 2.75) is 45.5 Å². The third-order valence-electron chi connectivity index (χ3n) is 4.75. The first-order valence-electron chi connectivity index (χ1n) is 8.10. The van der Waals surface area contributed by atoms with E-state index in [4.69, 9.17) is 4.42 Å². The highest BCUT2D eigenvalue weighted by molar-refractivity contribution is 5.71. The van der Waals surface area contributed by atoms with Gasteiger partial charge in [0.25, 0.3) is 0 Å². The Balaban J connectivity index is 1.82. The van der Waals surface area contributed by atoms with Crippen molar-refractivity contribution in [1.82, 2.24) is 10.4 Å². The Bertz CT molecular complexity index is 841. The predicted octanol–water partition coefficient (Wildman–Crippen LogP) is 3.73. The average Bonchev–Trinajstić information content (AvgIpc) is 3.10. The molecule has 0 unspecified atom stereocenters. The highest BCUT2D eigenvalue weighted by Gasteiger charge is 2.39. The molecule has 2 N–H and O–H groups in total. The van der Waals surface area contributed by atoms with E-state index < -0.39 is 11.7 Å². The minimum absolute atomic E-state index is 0.314. The monoisotopic (exact) mass is 352 g/mol. The third-order valence-corrected chi connectivity index (χ3v) is 4.75. The lowest BCUT2D eigenvalue weighted by atomic mass is 9.84. The van der Waals surface area contributed by atoms with E-state index in [2.05, 4.69) is 15.8 Å². The summed E-state index contributed by atoms with van der Waals surface area (Å²) < 4.78 is 45.6. The molecule has 0 aliphatic carbocycles. The first-order valence-corrected chi connectivity index (χ1v) is 8.10. The summed E-state index contributed by atoms with van der Waals surface area (Å²) in [6.45, 7) is 7.30. The van der Waals surface area contributed by atoms with Gasteiger partial charge in [-0.25, -0.2) is 10.4 Å². The van der Waals surface area contributed by atoms with Gasteiger partial charge in [0.05, 0.1) is 23.5 Å². The second-order valence-corrected chi connectivity index (χ2v) is 7.24. The van der Waals surface area contributed by atoms with Gasteiger partial charge in [-0.05, 0) is 12.1 Å². The molecule has 3 heterocycles. The minimum atomic E-state index is -4.40. The first-order chi connectivity index (χ1) is 11.6. The summed E-state index contributed by atoms with van der Waals surface area (Å²) in [5.41, 5.74) is 7.54. The number of nitrogens with zero attached hydrogens (tertiary/aromatic N) is 2. The Hall–Kier alpha value is -2.22. The largest absolute Gasteiger partial charge is 0.444 e. The Morgan fingerprint density at radius 2 is 2.04 bits per heavy atom. The third kappa shape index (κ3) is 2.64. The summed E-state index contributed by atoms with van der Waals surface area (Å²) in [4.78, 5) is 6.42. The zero-order valence-electron chi connectivity index (χ0n) is 14.2. The second-order valence-electron chi connectivity index (χ2n) is 7.24. The molecular weight excluding hydrogens is 333 g/mol. The molecule has 0 bridgehead atoms. The summed E-state index contributed by atoms with van der Waals surface area (Å²) in [7, 11) is 0. The average molecular weight is 352 g/mol. The minimum Gasteiger partial charge on any atom is -0.444 e. The number of fused-ring (bicyclic) bond motifs is 2. The number of hydrazine groups is 1. The fourth-order valence-corrected chi connectivity index (χ4v) is 3.68. The van der Waals surface area contributed by atoms with Crippen molar-refractivity contribution >= 4 is 11.4 Å². The lowest BCUT2D eigenvalue weighted by Crippen LogP contribution is -2.42. The Kier molecular flexibility index (Phi) is 3.34. The fraction of sp³-hybridized carbons (Fsp3) is 0.471. The quantitative estimate of drug-likeness (QED) is 0.819. The number of anilines is 2. The number of rotatable bonds is 1. The summed E-state index contributed by atoms with van der Waals surface area (Å²) in [6.07, 6.45) is -4.40. The number of oxazole rings is 1. The van der Waals surface area contributed by atoms with Gasteiger partial charge in [0, 0.05) is 36.7 Å². The predicted molar refractivity (Wildman–Crippen MR) is 87.2 cm³/mol. The molecule has 25 heavy (non-hydrogen) atoms. The number of aryl methyl sites for hydroxylation is 1. The molecule has 2 aliphatic heterocycles. The van der Waals surface area contributed by atoms with Crippen LogP contribution in [0.4, 0.5) is 24.5 Å². The number of hydrogen-bond acceptors (Lipinski definition) is 5. The van der Waals surface area contributed by atoms with E-state index in [0.29, 0.717) is 36.9 Å². The topological polar surface area (TPSA) is 53.3 Å². The van der Waals surface area contributed by atoms with Crippen LogP contribution in [-0.4, -0.2) is 11.5 Å². The van der Waals surface area contributed by atoms with E-state index in [1.54, 1.807) is 6.92 Å². The van der Waals surface area contributed by atoms with Gasteiger partial charge in [-0.15, -0.1) is 0 Å². The van der Waals surface area contributed by atoms with E-state index >= 15 is 0 Å². The van der Waals surface area contributed by atoms with Crippen LogP contribution in [0.5, 0.6) is 0 Å². The Morgan fingerprint density at radius 3 is 2.76 bits per heavy atom. The van der Waals surface area contributed by atoms with Gasteiger partial charge in [0.1, 0.15) is 5.76 Å². The maximum absolute atomic E-state index is 13.3. The maximum Gasteiger partial charge on any atom is 0.416 e. The molecule has 1 aromatic carbocycles. The Labute approximate surface area is 143 Å². The maximum atomic E-state index is 13.3. The highest BCUT2D eigenvalue weighted by Crippen LogP contribution is 2.42. The van der Waals surface area contributed by atoms with Gasteiger partial charge >= 0.3 is 6.18 Å². The summed E-state index contributed by atoms with van der Waals surface area (Å²) in [5.74, 6) is 1.30. The van der Waals surface area contributed by atoms with Gasteiger partial charge in [-0.2, -0.15) is 13.2 Å². The molecule has 0 radical (unpaired) electrons. The van der Waals surface area contributed by atoms with Gasteiger partial charge in [0.2, 0.25) is 0 Å². The molecule has 0 saturated carbocycles. The van der Waals surface area contributed by atoms with Crippen molar-refractivity contribution in [3.05, 3.63) is 40.6 Å². The zero-order chi connectivity index (χ0) is 18.0. The van der Waals surface area contributed by atoms with E-state index in [9.17, 15) is 13.2 Å². The number of alkyl halides is 3. The number of hydrogen-bond donors (Lipinski definition) is 2. The van der Waals surface area contributed by atoms with Crippen LogP contribution in [0, 0.1) is 6.92 Å². The van der Waals surface area contributed by atoms with Crippen molar-refractivity contribution in [3.63, 3.8) is 0 Å². The van der Waals surface area contributed by atoms with Crippen molar-refractivity contribution < 1.29 is 17.6 Å². The standard InChI is InChI=1S/C17H19F3N4O/c1-9-22-15-14(25-9)7-24(8-16(15,2)3)13-5-10(17(18,19)20)4-12-11(13)6-21-23-12/h4-5,21,23H,6-8H2,1-3H3. The molecule has 0 fully saturated rings. The van der Waals surface area contributed by atoms with Crippen molar-refractivity contribution in [2.24, 2.45) is 0 Å². The van der Waals surface area contributed by atoms with Gasteiger partial charge < -0.3 is 14.7 Å². The molecule has 5 nitrogen and oxygen atoms in total. The molecule has 8 heteroatoms. The zero-order valence-corrected chi connectivity index (χ0v) is 14.2. The molecule has 2 aromatic rings. The molecule has 2 aliphatic rings. The van der Waals surface area contributed by atoms with Crippen LogP contribution in [0.3, 0.4) is 0 Å². The molecule has 0 amide bonds. The van der Waals surface area contributed by atoms with Crippen LogP contribution in [0.15, 0.2) is 16.5 Å². The normalized spacial score (nSPS) is 18.7. The molecule has 0 spiro atoms. The van der Waals surface area contributed by atoms with Crippen LogP contribution in [-0.2, 0) is 24.7 Å². The van der Waals surface area contributed by atoms with E-state index in [1.165, 1.54) is 6.07 Å². The number of aromatic nitrogens is 1. The lowest BCUT2D eigenvalue weighted by Gasteiger charge is -2.38. The summed E-state index contributed by atoms with van der Waals surface area (Å²) >= 11 is 0. The van der Waals surface area contributed by atoms with Crippen LogP contribution in [0.2, 0.25) is 0 Å². The van der Waals surface area contributed by atoms with E-state index in [0.717, 1.165) is 23.1 Å². The van der Waals surface area contributed by atoms with Crippen LogP contribution >= 0.6 is 0 Å². The summed E-state index contributed by atoms with van der Waals surface area (Å²) in [5, 5.41) is 0. The van der Waals surface area contributed by atoms with Crippen LogP contribution < -0.4 is 15.8 Å². The number of halogens is 3. The van der Waals surface area contributed by atoms with Gasteiger partial charge in [-0.1, -0.05) is 13.8 Å². The number of benzene rings is 1. The van der Waals surface area contributed by atoms with Crippen molar-refractivity contribution in [1.29, 1.82) is 0 Å². The van der Waals surface area contributed by atoms with Crippen molar-refractivity contribution in [3.8, 4) is 0 Å². The van der Waals surface area contributed by atoms with E-state index in [-0.39, 0.29) is 5.41 Å². The van der Waals surface area contributed by atoms with Crippen LogP contribution in [0.25, 0.3) is 0 Å². The molecule has 0 atom stereocenters. The van der Waals surface area contributed by atoms with Crippen molar-refractivity contribution in [2.75, 3.05) is 16.9 Å². The Morgan fingerprint density at radius 1 is 1.28 bits per heavy atom. The molecule has 1 aromatic heterocycles. The fourth-order valence-electron chi connectivity index (χ4n) is 3.68. The summed E-state index contributed by atoms with van der Waals surface area (Å²) in [6, 6.07) is 2.38. The van der Waals surface area contributed by atoms with Gasteiger partial charge in [-0.3, -0.25) is 0 Å². The molecule has 4 rings (SSSR count). The SMILES string of the molecule is Cc1nc2c(o1)CN(c1cc(C(F)(F)F)cc3c1CNN3)CC2(C)C. The highest BCUT2D eigenvalue weighted by atomic mass is 19.4. The van der Waals surface area contributed by atoms with Gasteiger partial charge in [0.15, 0.2) is 5.89 Å². The van der Waals surface area contributed by atoms with Crippen LogP contribution in [0.1, 0.15) is 42.3 Å². The molecule has 0 saturated heterocycles. The number of nitrogens with one attached hydrogen (secondary N) is 2. The molecule has 134 valence electrons. The first kappa shape index (κ1) is 16.3. The molecular formula is C17H19F3N4O. The second kappa shape index (κ2) is 5.14. The lowest BCUT2D eigenvalue weighted by molar-refractivity contribution is -0.137. The van der Waals surface area contributed by atoms with E-state index in [1.807, 2.05) is 18.7 Å².